The molecule has 1 N–H and O–H groups in total. The number of likely N-dealkylation sites (tertiary alicyclic amines) is 1. The van der Waals surface area contributed by atoms with E-state index in [4.69, 9.17) is 0 Å². The Hall–Kier alpha value is 0.320. The molecule has 0 spiro atoms. The largest absolute Gasteiger partial charge is 0.342 e. The highest BCUT2D eigenvalue weighted by atomic mass is 35.5. The van der Waals surface area contributed by atoms with Gasteiger partial charge in [-0.25, -0.2) is 0 Å². The first-order valence-corrected chi connectivity index (χ1v) is 9.65. The van der Waals surface area contributed by atoms with Crippen molar-refractivity contribution in [1.29, 1.82) is 0 Å². The third-order valence-corrected chi connectivity index (χ3v) is 5.24. The summed E-state index contributed by atoms with van der Waals surface area (Å²) in [6, 6.07) is 0. The Morgan fingerprint density at radius 2 is 1.78 bits per heavy atom. The van der Waals surface area contributed by atoms with Gasteiger partial charge in [0.2, 0.25) is 5.91 Å². The van der Waals surface area contributed by atoms with Crippen LogP contribution in [0.25, 0.3) is 0 Å². The topological polar surface area (TPSA) is 35.6 Å². The van der Waals surface area contributed by atoms with Gasteiger partial charge < -0.3 is 15.1 Å². The SMILES string of the molecule is CCNCC1CCN(C(=O)CSCCN(CC)CC)CC1.Cl.Cl. The highest BCUT2D eigenvalue weighted by Crippen LogP contribution is 2.17. The minimum atomic E-state index is 0. The molecule has 0 bridgehead atoms. The number of piperidine rings is 1. The third kappa shape index (κ3) is 10.7. The van der Waals surface area contributed by atoms with Crippen LogP contribution in [0.5, 0.6) is 0 Å². The molecule has 1 heterocycles. The van der Waals surface area contributed by atoms with E-state index in [1.54, 1.807) is 11.8 Å². The molecule has 1 fully saturated rings. The van der Waals surface area contributed by atoms with Gasteiger partial charge in [-0.05, 0) is 44.9 Å². The molecule has 0 radical (unpaired) electrons. The molecule has 0 aliphatic carbocycles. The fourth-order valence-corrected chi connectivity index (χ4v) is 3.61. The molecule has 1 aliphatic rings. The van der Waals surface area contributed by atoms with Crippen LogP contribution in [0.4, 0.5) is 0 Å². The summed E-state index contributed by atoms with van der Waals surface area (Å²) in [4.78, 5) is 16.6. The molecular weight excluding hydrogens is 353 g/mol. The lowest BCUT2D eigenvalue weighted by atomic mass is 9.97. The zero-order valence-corrected chi connectivity index (χ0v) is 17.3. The fraction of sp³-hybridized carbons (Fsp3) is 0.938. The number of halogens is 2. The Morgan fingerprint density at radius 1 is 1.17 bits per heavy atom. The van der Waals surface area contributed by atoms with Crippen molar-refractivity contribution in [1.82, 2.24) is 15.1 Å². The Morgan fingerprint density at radius 3 is 2.30 bits per heavy atom. The normalized spacial score (nSPS) is 15.2. The molecule has 1 amide bonds. The molecule has 140 valence electrons. The molecule has 1 aliphatic heterocycles. The zero-order chi connectivity index (χ0) is 15.5. The number of thioether (sulfide) groups is 1. The van der Waals surface area contributed by atoms with Crippen LogP contribution >= 0.6 is 36.6 Å². The molecule has 4 nitrogen and oxygen atoms in total. The summed E-state index contributed by atoms with van der Waals surface area (Å²) in [5.41, 5.74) is 0. The molecule has 1 rings (SSSR count). The van der Waals surface area contributed by atoms with Crippen molar-refractivity contribution < 1.29 is 4.79 Å². The van der Waals surface area contributed by atoms with Crippen molar-refractivity contribution in [2.75, 3.05) is 57.3 Å². The maximum atomic E-state index is 12.2. The Bertz CT molecular complexity index is 286. The van der Waals surface area contributed by atoms with Gasteiger partial charge in [-0.1, -0.05) is 20.8 Å². The summed E-state index contributed by atoms with van der Waals surface area (Å²) in [7, 11) is 0. The van der Waals surface area contributed by atoms with Gasteiger partial charge in [-0.3, -0.25) is 4.79 Å². The molecule has 0 saturated carbocycles. The summed E-state index contributed by atoms with van der Waals surface area (Å²) in [5, 5.41) is 3.41. The number of hydrogen-bond donors (Lipinski definition) is 1. The van der Waals surface area contributed by atoms with Crippen LogP contribution in [-0.4, -0.2) is 73.0 Å². The van der Waals surface area contributed by atoms with Gasteiger partial charge >= 0.3 is 0 Å². The minimum Gasteiger partial charge on any atom is -0.342 e. The van der Waals surface area contributed by atoms with Gasteiger partial charge in [0.05, 0.1) is 5.75 Å². The average molecular weight is 388 g/mol. The highest BCUT2D eigenvalue weighted by Gasteiger charge is 2.22. The monoisotopic (exact) mass is 387 g/mol. The first-order chi connectivity index (χ1) is 10.2. The number of amides is 1. The summed E-state index contributed by atoms with van der Waals surface area (Å²) in [5.74, 6) is 2.80. The predicted molar refractivity (Wildman–Crippen MR) is 107 cm³/mol. The van der Waals surface area contributed by atoms with Crippen LogP contribution < -0.4 is 5.32 Å². The molecule has 0 unspecified atom stereocenters. The van der Waals surface area contributed by atoms with Gasteiger partial charge in [0.15, 0.2) is 0 Å². The summed E-state index contributed by atoms with van der Waals surface area (Å²) < 4.78 is 0. The Balaban J connectivity index is 0. The van der Waals surface area contributed by atoms with E-state index >= 15 is 0 Å². The van der Waals surface area contributed by atoms with Gasteiger partial charge in [-0.15, -0.1) is 24.8 Å². The standard InChI is InChI=1S/C16H33N3OS.2ClH/c1-4-17-13-15-7-9-19(10-8-15)16(20)14-21-12-11-18(5-2)6-3;;/h15,17H,4-14H2,1-3H3;2*1H. The molecular formula is C16H35Cl2N3OS. The molecule has 0 atom stereocenters. The predicted octanol–water partition coefficient (Wildman–Crippen LogP) is 2.75. The fourth-order valence-electron chi connectivity index (χ4n) is 2.72. The van der Waals surface area contributed by atoms with Crippen molar-refractivity contribution in [3.8, 4) is 0 Å². The first-order valence-electron chi connectivity index (χ1n) is 8.49. The molecule has 7 heteroatoms. The van der Waals surface area contributed by atoms with Crippen molar-refractivity contribution >= 4 is 42.5 Å². The van der Waals surface area contributed by atoms with Crippen molar-refractivity contribution in [3.63, 3.8) is 0 Å². The second kappa shape index (κ2) is 15.8. The molecule has 0 aromatic rings. The summed E-state index contributed by atoms with van der Waals surface area (Å²) in [6.07, 6.45) is 2.31. The van der Waals surface area contributed by atoms with Crippen LogP contribution in [-0.2, 0) is 4.79 Å². The lowest BCUT2D eigenvalue weighted by Crippen LogP contribution is -2.41. The second-order valence-corrected chi connectivity index (χ2v) is 6.82. The lowest BCUT2D eigenvalue weighted by molar-refractivity contribution is -0.129. The van der Waals surface area contributed by atoms with Gasteiger partial charge in [0.1, 0.15) is 0 Å². The second-order valence-electron chi connectivity index (χ2n) is 5.71. The molecule has 1 saturated heterocycles. The summed E-state index contributed by atoms with van der Waals surface area (Å²) >= 11 is 1.78. The zero-order valence-electron chi connectivity index (χ0n) is 14.9. The number of carbonyl (C=O) groups excluding carboxylic acids is 1. The van der Waals surface area contributed by atoms with E-state index in [-0.39, 0.29) is 24.8 Å². The van der Waals surface area contributed by atoms with Crippen LogP contribution in [0, 0.1) is 5.92 Å². The quantitative estimate of drug-likeness (QED) is 0.584. The van der Waals surface area contributed by atoms with Crippen molar-refractivity contribution in [3.05, 3.63) is 0 Å². The van der Waals surface area contributed by atoms with Crippen LogP contribution in [0.1, 0.15) is 33.6 Å². The van der Waals surface area contributed by atoms with E-state index in [2.05, 4.69) is 35.9 Å². The van der Waals surface area contributed by atoms with E-state index in [1.807, 2.05) is 0 Å². The van der Waals surface area contributed by atoms with Gasteiger partial charge in [0, 0.05) is 25.4 Å². The molecule has 0 aromatic carbocycles. The number of rotatable bonds is 10. The maximum absolute atomic E-state index is 12.2. The molecule has 0 aromatic heterocycles. The van der Waals surface area contributed by atoms with E-state index in [0.717, 1.165) is 70.3 Å². The number of nitrogens with zero attached hydrogens (tertiary/aromatic N) is 2. The highest BCUT2D eigenvalue weighted by molar-refractivity contribution is 7.99. The number of carbonyl (C=O) groups is 1. The smallest absolute Gasteiger partial charge is 0.232 e. The first kappa shape index (κ1) is 25.6. The van der Waals surface area contributed by atoms with Crippen LogP contribution in [0.15, 0.2) is 0 Å². The van der Waals surface area contributed by atoms with Crippen molar-refractivity contribution in [2.45, 2.75) is 33.6 Å². The van der Waals surface area contributed by atoms with Crippen molar-refractivity contribution in [2.24, 2.45) is 5.92 Å². The average Bonchev–Trinajstić information content (AvgIpc) is 2.53. The maximum Gasteiger partial charge on any atom is 0.232 e. The Labute approximate surface area is 159 Å². The third-order valence-electron chi connectivity index (χ3n) is 4.32. The number of nitrogens with one attached hydrogen (secondary N) is 1. The summed E-state index contributed by atoms with van der Waals surface area (Å²) in [6.45, 7) is 13.9. The molecule has 23 heavy (non-hydrogen) atoms. The van der Waals surface area contributed by atoms with Crippen LogP contribution in [0.2, 0.25) is 0 Å². The van der Waals surface area contributed by atoms with Gasteiger partial charge in [-0.2, -0.15) is 11.8 Å². The minimum absolute atomic E-state index is 0. The van der Waals surface area contributed by atoms with E-state index in [0.29, 0.717) is 11.7 Å². The van der Waals surface area contributed by atoms with E-state index in [9.17, 15) is 4.79 Å². The number of hydrogen-bond acceptors (Lipinski definition) is 4. The van der Waals surface area contributed by atoms with E-state index in [1.165, 1.54) is 0 Å². The van der Waals surface area contributed by atoms with Gasteiger partial charge in [0.25, 0.3) is 0 Å². The van der Waals surface area contributed by atoms with E-state index < -0.39 is 0 Å². The Kier molecular flexibility index (Phi) is 17.6. The van der Waals surface area contributed by atoms with Crippen LogP contribution in [0.3, 0.4) is 0 Å². The lowest BCUT2D eigenvalue weighted by Gasteiger charge is -2.32.